The van der Waals surface area contributed by atoms with Crippen LogP contribution in [-0.4, -0.2) is 46.8 Å². The highest BCUT2D eigenvalue weighted by molar-refractivity contribution is 5.94. The van der Waals surface area contributed by atoms with Crippen LogP contribution in [0.3, 0.4) is 0 Å². The predicted molar refractivity (Wildman–Crippen MR) is 124 cm³/mol. The maximum Gasteiger partial charge on any atom is 0.338 e. The van der Waals surface area contributed by atoms with E-state index >= 15 is 0 Å². The minimum Gasteiger partial charge on any atom is -0.478 e. The number of hydrogen-bond donors (Lipinski definition) is 1. The van der Waals surface area contributed by atoms with Crippen molar-refractivity contribution in [1.29, 1.82) is 0 Å². The summed E-state index contributed by atoms with van der Waals surface area (Å²) >= 11 is 0. The summed E-state index contributed by atoms with van der Waals surface area (Å²) in [4.78, 5) is 47.9. The highest BCUT2D eigenvalue weighted by atomic mass is 16.6. The molecule has 0 aliphatic heterocycles. The molecule has 8 nitrogen and oxygen atoms in total. The first-order chi connectivity index (χ1) is 15.7. The monoisotopic (exact) mass is 470 g/mol. The summed E-state index contributed by atoms with van der Waals surface area (Å²) in [5.74, 6) is -3.11. The van der Waals surface area contributed by atoms with Crippen LogP contribution in [0.15, 0.2) is 48.5 Å². The van der Waals surface area contributed by atoms with Crippen LogP contribution in [0.25, 0.3) is 0 Å². The Kier molecular flexibility index (Phi) is 8.21. The molecular weight excluding hydrogens is 440 g/mol. The SMILES string of the molecule is CC(COC(=O)c1ccc(C(=O)OC(C)(C)C)cc1)C(C)(C)OC(=O)c1ccc(C(=O)O)cc1. The second-order valence-electron chi connectivity index (χ2n) is 9.45. The number of esters is 3. The van der Waals surface area contributed by atoms with E-state index in [1.54, 1.807) is 41.5 Å². The molecule has 182 valence electrons. The van der Waals surface area contributed by atoms with Gasteiger partial charge >= 0.3 is 23.9 Å². The molecule has 0 aliphatic rings. The average Bonchev–Trinajstić information content (AvgIpc) is 2.75. The summed E-state index contributed by atoms with van der Waals surface area (Å²) in [6.45, 7) is 10.5. The largest absolute Gasteiger partial charge is 0.478 e. The van der Waals surface area contributed by atoms with Gasteiger partial charge in [0.2, 0.25) is 0 Å². The molecule has 0 heterocycles. The number of aromatic carboxylic acids is 1. The van der Waals surface area contributed by atoms with Gasteiger partial charge in [0, 0.05) is 5.92 Å². The van der Waals surface area contributed by atoms with Crippen LogP contribution in [0.2, 0.25) is 0 Å². The number of hydrogen-bond acceptors (Lipinski definition) is 7. The minimum atomic E-state index is -1.09. The highest BCUT2D eigenvalue weighted by Gasteiger charge is 2.32. The Labute approximate surface area is 198 Å². The van der Waals surface area contributed by atoms with Crippen molar-refractivity contribution in [3.05, 3.63) is 70.8 Å². The van der Waals surface area contributed by atoms with E-state index in [2.05, 4.69) is 0 Å². The van der Waals surface area contributed by atoms with Crippen LogP contribution in [0.4, 0.5) is 0 Å². The lowest BCUT2D eigenvalue weighted by atomic mass is 9.93. The van der Waals surface area contributed by atoms with Crippen LogP contribution < -0.4 is 0 Å². The maximum absolute atomic E-state index is 12.5. The summed E-state index contributed by atoms with van der Waals surface area (Å²) in [6.07, 6.45) is 0. The minimum absolute atomic E-state index is 0.00905. The molecular formula is C26H30O8. The van der Waals surface area contributed by atoms with Crippen molar-refractivity contribution in [1.82, 2.24) is 0 Å². The fourth-order valence-corrected chi connectivity index (χ4v) is 2.71. The van der Waals surface area contributed by atoms with Crippen LogP contribution >= 0.6 is 0 Å². The Balaban J connectivity index is 1.93. The highest BCUT2D eigenvalue weighted by Crippen LogP contribution is 2.24. The summed E-state index contributed by atoms with van der Waals surface area (Å²) in [5.41, 5.74) is -0.716. The Morgan fingerprint density at radius 1 is 0.706 bits per heavy atom. The van der Waals surface area contributed by atoms with Crippen molar-refractivity contribution in [3.63, 3.8) is 0 Å². The Morgan fingerprint density at radius 2 is 1.09 bits per heavy atom. The normalized spacial score (nSPS) is 12.4. The molecule has 0 aliphatic carbocycles. The molecule has 0 radical (unpaired) electrons. The van der Waals surface area contributed by atoms with Crippen LogP contribution in [0, 0.1) is 5.92 Å². The summed E-state index contributed by atoms with van der Waals surface area (Å²) < 4.78 is 16.2. The van der Waals surface area contributed by atoms with Crippen LogP contribution in [0.5, 0.6) is 0 Å². The Bertz CT molecular complexity index is 1040. The molecule has 0 saturated heterocycles. The van der Waals surface area contributed by atoms with E-state index in [0.717, 1.165) is 0 Å². The zero-order valence-electron chi connectivity index (χ0n) is 20.2. The molecule has 0 aromatic heterocycles. The number of carbonyl (C=O) groups is 4. The number of benzene rings is 2. The van der Waals surface area contributed by atoms with Crippen molar-refractivity contribution in [2.45, 2.75) is 52.7 Å². The third-order valence-corrected chi connectivity index (χ3v) is 5.13. The van der Waals surface area contributed by atoms with Gasteiger partial charge in [-0.15, -0.1) is 0 Å². The number of carboxylic acid groups (broad SMARTS) is 1. The van der Waals surface area contributed by atoms with Gasteiger partial charge in [0.25, 0.3) is 0 Å². The quantitative estimate of drug-likeness (QED) is 0.433. The van der Waals surface area contributed by atoms with Gasteiger partial charge in [0.15, 0.2) is 0 Å². The van der Waals surface area contributed by atoms with Gasteiger partial charge in [0.1, 0.15) is 11.2 Å². The van der Waals surface area contributed by atoms with E-state index in [0.29, 0.717) is 5.56 Å². The van der Waals surface area contributed by atoms with Crippen LogP contribution in [-0.2, 0) is 14.2 Å². The maximum atomic E-state index is 12.5. The molecule has 1 N–H and O–H groups in total. The van der Waals surface area contributed by atoms with Crippen molar-refractivity contribution >= 4 is 23.9 Å². The average molecular weight is 471 g/mol. The zero-order valence-corrected chi connectivity index (χ0v) is 20.2. The molecule has 2 aromatic rings. The zero-order chi connectivity index (χ0) is 25.7. The van der Waals surface area contributed by atoms with Crippen molar-refractivity contribution in [2.75, 3.05) is 6.61 Å². The standard InChI is InChI=1S/C26H30O8/c1-16(26(5,6)34-24(31)20-9-7-17(8-10-20)21(27)28)15-32-22(29)18-11-13-19(14-12-18)23(30)33-25(2,3)4/h7-14,16H,15H2,1-6H3,(H,27,28). The summed E-state index contributed by atoms with van der Waals surface area (Å²) in [6, 6.07) is 11.4. The lowest BCUT2D eigenvalue weighted by Crippen LogP contribution is -2.38. The first kappa shape index (κ1) is 26.6. The van der Waals surface area contributed by atoms with Gasteiger partial charge in [-0.1, -0.05) is 6.92 Å². The second-order valence-corrected chi connectivity index (χ2v) is 9.45. The fraction of sp³-hybridized carbons (Fsp3) is 0.385. The van der Waals surface area contributed by atoms with Gasteiger partial charge in [-0.2, -0.15) is 0 Å². The molecule has 0 fully saturated rings. The molecule has 2 aromatic carbocycles. The van der Waals surface area contributed by atoms with E-state index in [1.165, 1.54) is 48.5 Å². The molecule has 0 bridgehead atoms. The molecule has 34 heavy (non-hydrogen) atoms. The van der Waals surface area contributed by atoms with E-state index in [-0.39, 0.29) is 29.2 Å². The van der Waals surface area contributed by atoms with Gasteiger partial charge in [-0.25, -0.2) is 19.2 Å². The topological polar surface area (TPSA) is 116 Å². The first-order valence-electron chi connectivity index (χ1n) is 10.8. The number of carboxylic acids is 1. The lowest BCUT2D eigenvalue weighted by Gasteiger charge is -2.31. The Hall–Kier alpha value is -3.68. The number of carbonyl (C=O) groups excluding carboxylic acids is 3. The third-order valence-electron chi connectivity index (χ3n) is 5.13. The molecule has 1 atom stereocenters. The van der Waals surface area contributed by atoms with Crippen molar-refractivity contribution in [2.24, 2.45) is 5.92 Å². The first-order valence-corrected chi connectivity index (χ1v) is 10.8. The van der Waals surface area contributed by atoms with E-state index in [9.17, 15) is 19.2 Å². The predicted octanol–water partition coefficient (Wildman–Crippen LogP) is 4.77. The smallest absolute Gasteiger partial charge is 0.338 e. The molecule has 1 unspecified atom stereocenters. The lowest BCUT2D eigenvalue weighted by molar-refractivity contribution is -0.0419. The van der Waals surface area contributed by atoms with Crippen LogP contribution in [0.1, 0.15) is 83.0 Å². The second kappa shape index (κ2) is 10.5. The van der Waals surface area contributed by atoms with E-state index in [1.807, 2.05) is 0 Å². The number of ether oxygens (including phenoxy) is 3. The molecule has 8 heteroatoms. The van der Waals surface area contributed by atoms with E-state index in [4.69, 9.17) is 19.3 Å². The number of rotatable bonds is 8. The van der Waals surface area contributed by atoms with Crippen molar-refractivity contribution in [3.8, 4) is 0 Å². The van der Waals surface area contributed by atoms with Gasteiger partial charge in [-0.3, -0.25) is 0 Å². The fourth-order valence-electron chi connectivity index (χ4n) is 2.71. The summed E-state index contributed by atoms with van der Waals surface area (Å²) in [5, 5.41) is 8.96. The molecule has 0 saturated carbocycles. The van der Waals surface area contributed by atoms with Crippen molar-refractivity contribution < 1.29 is 38.5 Å². The summed E-state index contributed by atoms with van der Waals surface area (Å²) in [7, 11) is 0. The molecule has 0 amide bonds. The third kappa shape index (κ3) is 7.43. The van der Waals surface area contributed by atoms with Gasteiger partial charge in [-0.05, 0) is 83.1 Å². The van der Waals surface area contributed by atoms with Gasteiger partial charge in [0.05, 0.1) is 28.9 Å². The molecule has 2 rings (SSSR count). The van der Waals surface area contributed by atoms with Gasteiger partial charge < -0.3 is 19.3 Å². The Morgan fingerprint density at radius 3 is 1.50 bits per heavy atom. The van der Waals surface area contributed by atoms with E-state index < -0.39 is 35.1 Å². The molecule has 0 spiro atoms.